The minimum atomic E-state index is -0.156. The summed E-state index contributed by atoms with van der Waals surface area (Å²) in [6, 6.07) is 3.29. The first-order chi connectivity index (χ1) is 5.22. The molecule has 4 heteroatoms. The molecule has 0 unspecified atom stereocenters. The van der Waals surface area contributed by atoms with Gasteiger partial charge in [0.25, 0.3) is 0 Å². The molecule has 0 bridgehead atoms. The highest BCUT2D eigenvalue weighted by molar-refractivity contribution is 6.32. The highest BCUT2D eigenvalue weighted by atomic mass is 35.5. The molecule has 1 radical (unpaired) electrons. The summed E-state index contributed by atoms with van der Waals surface area (Å²) in [5, 5.41) is 10.9. The van der Waals surface area contributed by atoms with Crippen LogP contribution in [0, 0.1) is 0 Å². The van der Waals surface area contributed by atoms with Crippen molar-refractivity contribution in [1.29, 1.82) is 0 Å². The molecule has 1 rings (SSSR count). The largest absolute Gasteiger partial charge is 0.236 e. The number of aromatic nitrogens is 1. The second-order valence-electron chi connectivity index (χ2n) is 2.07. The fourth-order valence-corrected chi connectivity index (χ4v) is 1.28. The van der Waals surface area contributed by atoms with Crippen LogP contribution < -0.4 is 0 Å². The third-order valence-corrected chi connectivity index (χ3v) is 1.60. The van der Waals surface area contributed by atoms with Gasteiger partial charge in [-0.3, -0.25) is 0 Å². The Kier molecular flexibility index (Phi) is 3.12. The van der Waals surface area contributed by atoms with Gasteiger partial charge in [0.2, 0.25) is 0 Å². The predicted octanol–water partition coefficient (Wildman–Crippen LogP) is 2.36. The first kappa shape index (κ1) is 8.78. The number of pyridine rings is 1. The van der Waals surface area contributed by atoms with Crippen molar-refractivity contribution in [3.63, 3.8) is 0 Å². The van der Waals surface area contributed by atoms with Crippen LogP contribution in [0.15, 0.2) is 12.1 Å². The molecule has 1 heterocycles. The summed E-state index contributed by atoms with van der Waals surface area (Å²) in [4.78, 5) is 3.75. The van der Waals surface area contributed by atoms with Gasteiger partial charge >= 0.3 is 0 Å². The van der Waals surface area contributed by atoms with E-state index in [2.05, 4.69) is 4.98 Å². The molecule has 2 nitrogen and oxygen atoms in total. The van der Waals surface area contributed by atoms with Gasteiger partial charge in [0.15, 0.2) is 0 Å². The first-order valence-electron chi connectivity index (χ1n) is 3.12. The highest BCUT2D eigenvalue weighted by Crippen LogP contribution is 2.14. The summed E-state index contributed by atoms with van der Waals surface area (Å²) < 4.78 is 0. The second kappa shape index (κ2) is 3.90. The van der Waals surface area contributed by atoms with Crippen molar-refractivity contribution >= 4 is 23.2 Å². The Morgan fingerprint density at radius 3 is 2.27 bits per heavy atom. The number of halogens is 2. The molecule has 0 atom stereocenters. The quantitative estimate of drug-likeness (QED) is 0.660. The summed E-state index contributed by atoms with van der Waals surface area (Å²) >= 11 is 11.2. The van der Waals surface area contributed by atoms with Crippen molar-refractivity contribution in [3.8, 4) is 0 Å². The highest BCUT2D eigenvalue weighted by Gasteiger charge is 1.98. The average Bonchev–Trinajstić information content (AvgIpc) is 1.85. The lowest BCUT2D eigenvalue weighted by molar-refractivity contribution is 0.197. The van der Waals surface area contributed by atoms with Gasteiger partial charge in [-0.25, -0.2) is 10.1 Å². The molecular weight excluding hydrogens is 185 g/mol. The van der Waals surface area contributed by atoms with E-state index in [1.807, 2.05) is 0 Å². The molecule has 0 aliphatic carbocycles. The Morgan fingerprint density at radius 2 is 1.82 bits per heavy atom. The maximum Gasteiger partial charge on any atom is 0.131 e. The van der Waals surface area contributed by atoms with E-state index in [1.165, 1.54) is 0 Å². The van der Waals surface area contributed by atoms with Crippen LogP contribution in [0.1, 0.15) is 5.56 Å². The van der Waals surface area contributed by atoms with E-state index < -0.39 is 0 Å². The number of hydrogen-bond acceptors (Lipinski definition) is 1. The molecular formula is C7H6Cl2NO. The van der Waals surface area contributed by atoms with Crippen molar-refractivity contribution in [3.05, 3.63) is 28.0 Å². The molecule has 0 aliphatic heterocycles. The van der Waals surface area contributed by atoms with E-state index in [-0.39, 0.29) is 6.61 Å². The molecule has 0 saturated carbocycles. The summed E-state index contributed by atoms with van der Waals surface area (Å²) in [6.07, 6.45) is 0.446. The predicted molar refractivity (Wildman–Crippen MR) is 43.5 cm³/mol. The van der Waals surface area contributed by atoms with Gasteiger partial charge < -0.3 is 0 Å². The van der Waals surface area contributed by atoms with Crippen molar-refractivity contribution < 1.29 is 5.11 Å². The number of nitrogens with zero attached hydrogens (tertiary/aromatic N) is 1. The molecule has 0 spiro atoms. The lowest BCUT2D eigenvalue weighted by Crippen LogP contribution is -1.90. The standard InChI is InChI=1S/C7H6Cl2NO/c8-6-3-5(1-2-11)4-7(9)10-6/h3-4H,1-2H2. The third kappa shape index (κ3) is 2.66. The van der Waals surface area contributed by atoms with Gasteiger partial charge in [0.1, 0.15) is 10.3 Å². The van der Waals surface area contributed by atoms with E-state index in [0.717, 1.165) is 5.56 Å². The normalized spacial score (nSPS) is 10.1. The number of hydrogen-bond donors (Lipinski definition) is 0. The molecule has 0 amide bonds. The van der Waals surface area contributed by atoms with Crippen molar-refractivity contribution in [2.24, 2.45) is 0 Å². The van der Waals surface area contributed by atoms with Crippen molar-refractivity contribution in [2.45, 2.75) is 6.42 Å². The SMILES string of the molecule is [O]CCc1cc(Cl)nc(Cl)c1. The Labute approximate surface area is 74.8 Å². The summed E-state index contributed by atoms with van der Waals surface area (Å²) in [5.41, 5.74) is 0.838. The minimum Gasteiger partial charge on any atom is -0.236 e. The Bertz CT molecular complexity index is 232. The molecule has 1 aromatic heterocycles. The monoisotopic (exact) mass is 190 g/mol. The van der Waals surface area contributed by atoms with Crippen molar-refractivity contribution in [1.82, 2.24) is 4.98 Å². The fourth-order valence-electron chi connectivity index (χ4n) is 0.776. The summed E-state index contributed by atoms with van der Waals surface area (Å²) in [5.74, 6) is 0. The molecule has 0 saturated heterocycles. The minimum absolute atomic E-state index is 0.156. The Morgan fingerprint density at radius 1 is 1.27 bits per heavy atom. The fraction of sp³-hybridized carbons (Fsp3) is 0.286. The van der Waals surface area contributed by atoms with E-state index in [9.17, 15) is 5.11 Å². The van der Waals surface area contributed by atoms with Gasteiger partial charge in [-0.05, 0) is 24.1 Å². The topological polar surface area (TPSA) is 32.8 Å². The first-order valence-corrected chi connectivity index (χ1v) is 3.88. The van der Waals surface area contributed by atoms with E-state index in [0.29, 0.717) is 16.7 Å². The van der Waals surface area contributed by atoms with Gasteiger partial charge in [0.05, 0.1) is 6.61 Å². The van der Waals surface area contributed by atoms with E-state index >= 15 is 0 Å². The van der Waals surface area contributed by atoms with Crippen LogP contribution in [0.25, 0.3) is 0 Å². The lowest BCUT2D eigenvalue weighted by Gasteiger charge is -1.97. The molecule has 0 N–H and O–H groups in total. The van der Waals surface area contributed by atoms with Crippen LogP contribution in [-0.4, -0.2) is 11.6 Å². The number of rotatable bonds is 2. The van der Waals surface area contributed by atoms with E-state index in [4.69, 9.17) is 23.2 Å². The second-order valence-corrected chi connectivity index (χ2v) is 2.85. The van der Waals surface area contributed by atoms with Crippen LogP contribution in [0.3, 0.4) is 0 Å². The zero-order valence-electron chi connectivity index (χ0n) is 5.68. The van der Waals surface area contributed by atoms with Crippen LogP contribution in [0.4, 0.5) is 0 Å². The summed E-state index contributed by atoms with van der Waals surface area (Å²) in [6.45, 7) is -0.156. The Balaban J connectivity index is 2.89. The zero-order valence-corrected chi connectivity index (χ0v) is 7.19. The van der Waals surface area contributed by atoms with Crippen molar-refractivity contribution in [2.75, 3.05) is 6.61 Å². The van der Waals surface area contributed by atoms with Gasteiger partial charge in [-0.2, -0.15) is 0 Å². The smallest absolute Gasteiger partial charge is 0.131 e. The average molecular weight is 191 g/mol. The molecule has 0 aliphatic rings. The molecule has 0 aromatic carbocycles. The molecule has 1 aromatic rings. The van der Waals surface area contributed by atoms with Crippen LogP contribution in [-0.2, 0) is 11.5 Å². The zero-order chi connectivity index (χ0) is 8.27. The molecule has 59 valence electrons. The van der Waals surface area contributed by atoms with Gasteiger partial charge in [-0.15, -0.1) is 0 Å². The maximum absolute atomic E-state index is 10.2. The maximum atomic E-state index is 10.2. The summed E-state index contributed by atoms with van der Waals surface area (Å²) in [7, 11) is 0. The van der Waals surface area contributed by atoms with E-state index in [1.54, 1.807) is 12.1 Å². The molecule has 0 fully saturated rings. The van der Waals surface area contributed by atoms with Gasteiger partial charge in [-0.1, -0.05) is 23.2 Å². The third-order valence-electron chi connectivity index (χ3n) is 1.21. The lowest BCUT2D eigenvalue weighted by atomic mass is 10.2. The van der Waals surface area contributed by atoms with Crippen LogP contribution in [0.2, 0.25) is 10.3 Å². The van der Waals surface area contributed by atoms with Gasteiger partial charge in [0, 0.05) is 0 Å². The Hall–Kier alpha value is -0.310. The van der Waals surface area contributed by atoms with Crippen LogP contribution >= 0.6 is 23.2 Å². The molecule has 11 heavy (non-hydrogen) atoms. The van der Waals surface area contributed by atoms with Crippen LogP contribution in [0.5, 0.6) is 0 Å².